The molecule has 0 spiro atoms. The first-order valence-electron chi connectivity index (χ1n) is 9.78. The maximum Gasteiger partial charge on any atom is 0.346 e. The topological polar surface area (TPSA) is 106 Å². The van der Waals surface area contributed by atoms with Crippen LogP contribution in [0.25, 0.3) is 11.7 Å². The number of rotatable bonds is 8. The highest BCUT2D eigenvalue weighted by atomic mass is 16.5. The van der Waals surface area contributed by atoms with Crippen LogP contribution < -0.4 is 9.47 Å². The number of carboxylic acids is 1. The summed E-state index contributed by atoms with van der Waals surface area (Å²) in [7, 11) is 1.56. The van der Waals surface area contributed by atoms with Gasteiger partial charge < -0.3 is 19.3 Å². The van der Waals surface area contributed by atoms with Crippen molar-refractivity contribution in [3.05, 3.63) is 29.6 Å². The fraction of sp³-hybridized carbons (Fsp3) is 0.476. The molecule has 1 aliphatic rings. The average Bonchev–Trinajstić information content (AvgIpc) is 2.87. The summed E-state index contributed by atoms with van der Waals surface area (Å²) in [4.78, 5) is 15.9. The minimum Gasteiger partial charge on any atom is -0.487 e. The van der Waals surface area contributed by atoms with Gasteiger partial charge in [-0.1, -0.05) is 12.8 Å². The van der Waals surface area contributed by atoms with Gasteiger partial charge >= 0.3 is 5.97 Å². The lowest BCUT2D eigenvalue weighted by Crippen LogP contribution is -2.15. The number of hydrogen-bond donors (Lipinski definition) is 1. The summed E-state index contributed by atoms with van der Waals surface area (Å²) in [5.41, 5.74) is 0.498. The smallest absolute Gasteiger partial charge is 0.346 e. The summed E-state index contributed by atoms with van der Waals surface area (Å²) >= 11 is 0. The fourth-order valence-electron chi connectivity index (χ4n) is 3.41. The molecule has 0 saturated heterocycles. The molecule has 8 heteroatoms. The van der Waals surface area contributed by atoms with Gasteiger partial charge in [-0.25, -0.2) is 4.79 Å². The Bertz CT molecular complexity index is 920. The third kappa shape index (κ3) is 5.06. The highest BCUT2D eigenvalue weighted by Gasteiger charge is 2.20. The summed E-state index contributed by atoms with van der Waals surface area (Å²) < 4.78 is 18.6. The molecule has 2 aromatic heterocycles. The minimum atomic E-state index is -1.31. The predicted molar refractivity (Wildman–Crippen MR) is 106 cm³/mol. The van der Waals surface area contributed by atoms with Crippen molar-refractivity contribution in [2.45, 2.75) is 44.6 Å². The summed E-state index contributed by atoms with van der Waals surface area (Å²) in [5.74, 6) is -0.464. The molecule has 0 unspecified atom stereocenters. The molecule has 1 saturated carbocycles. The molecular formula is C21H25N3O5. The molecule has 0 radical (unpaired) electrons. The lowest BCUT2D eigenvalue weighted by atomic mass is 10.1. The number of methoxy groups -OCH3 is 1. The van der Waals surface area contributed by atoms with Gasteiger partial charge in [0.15, 0.2) is 11.4 Å². The van der Waals surface area contributed by atoms with Crippen molar-refractivity contribution in [1.29, 1.82) is 5.26 Å². The number of hydrogen-bond acceptors (Lipinski definition) is 6. The van der Waals surface area contributed by atoms with Gasteiger partial charge in [-0.3, -0.25) is 4.40 Å². The van der Waals surface area contributed by atoms with E-state index in [0.717, 1.165) is 25.7 Å². The monoisotopic (exact) mass is 399 g/mol. The number of nitrogens with zero attached hydrogens (tertiary/aromatic N) is 3. The van der Waals surface area contributed by atoms with Crippen molar-refractivity contribution in [2.75, 3.05) is 20.3 Å². The van der Waals surface area contributed by atoms with E-state index in [1.54, 1.807) is 23.8 Å². The molecule has 1 fully saturated rings. The van der Waals surface area contributed by atoms with Crippen LogP contribution in [0.3, 0.4) is 0 Å². The Kier molecular flexibility index (Phi) is 7.09. The molecule has 1 aliphatic carbocycles. The van der Waals surface area contributed by atoms with Crippen LogP contribution in [0, 0.1) is 11.3 Å². The summed E-state index contributed by atoms with van der Waals surface area (Å²) in [5, 5.41) is 18.4. The van der Waals surface area contributed by atoms with Crippen molar-refractivity contribution < 1.29 is 24.1 Å². The van der Waals surface area contributed by atoms with Crippen LogP contribution in [0.1, 0.15) is 44.2 Å². The van der Waals surface area contributed by atoms with E-state index in [1.165, 1.54) is 18.9 Å². The summed E-state index contributed by atoms with van der Waals surface area (Å²) in [6.45, 7) is 0.599. The highest BCUT2D eigenvalue weighted by molar-refractivity contribution is 5.96. The van der Waals surface area contributed by atoms with Crippen molar-refractivity contribution in [1.82, 2.24) is 9.38 Å². The molecule has 3 rings (SSSR count). The van der Waals surface area contributed by atoms with E-state index in [9.17, 15) is 9.90 Å². The molecule has 2 heterocycles. The Hall–Kier alpha value is -3.05. The van der Waals surface area contributed by atoms with Gasteiger partial charge in [-0.05, 0) is 43.9 Å². The predicted octanol–water partition coefficient (Wildman–Crippen LogP) is 3.45. The minimum absolute atomic E-state index is 0.131. The molecule has 0 amide bonds. The molecule has 0 atom stereocenters. The SMILES string of the molecule is COCCOc1nc2c(OC3CCCCCC3)cccn2c1C=C(C#N)C(=O)O. The second-order valence-electron chi connectivity index (χ2n) is 6.92. The number of nitriles is 1. The van der Waals surface area contributed by atoms with Crippen molar-refractivity contribution in [3.8, 4) is 17.7 Å². The van der Waals surface area contributed by atoms with Gasteiger partial charge in [0.1, 0.15) is 23.9 Å². The molecule has 8 nitrogen and oxygen atoms in total. The van der Waals surface area contributed by atoms with E-state index in [0.29, 0.717) is 23.7 Å². The molecule has 0 bridgehead atoms. The van der Waals surface area contributed by atoms with Crippen LogP contribution >= 0.6 is 0 Å². The number of ether oxygens (including phenoxy) is 3. The second-order valence-corrected chi connectivity index (χ2v) is 6.92. The number of imidazole rings is 1. The van der Waals surface area contributed by atoms with E-state index in [-0.39, 0.29) is 18.6 Å². The van der Waals surface area contributed by atoms with Crippen molar-refractivity contribution in [3.63, 3.8) is 0 Å². The van der Waals surface area contributed by atoms with E-state index >= 15 is 0 Å². The third-order valence-corrected chi connectivity index (χ3v) is 4.87. The van der Waals surface area contributed by atoms with Gasteiger partial charge in [0.25, 0.3) is 0 Å². The fourth-order valence-corrected chi connectivity index (χ4v) is 3.41. The van der Waals surface area contributed by atoms with Crippen LogP contribution in [0.4, 0.5) is 0 Å². The maximum absolute atomic E-state index is 11.3. The number of aliphatic carboxylic acids is 1. The molecule has 1 N–H and O–H groups in total. The van der Waals surface area contributed by atoms with Crippen molar-refractivity contribution >= 4 is 17.7 Å². The third-order valence-electron chi connectivity index (χ3n) is 4.87. The summed E-state index contributed by atoms with van der Waals surface area (Å²) in [6.07, 6.45) is 9.89. The van der Waals surface area contributed by atoms with Crippen LogP contribution in [-0.2, 0) is 9.53 Å². The molecule has 0 aromatic carbocycles. The highest BCUT2D eigenvalue weighted by Crippen LogP contribution is 2.30. The molecule has 0 aliphatic heterocycles. The van der Waals surface area contributed by atoms with Crippen LogP contribution in [0.15, 0.2) is 23.9 Å². The van der Waals surface area contributed by atoms with E-state index in [1.807, 2.05) is 12.1 Å². The standard InChI is InChI=1S/C21H25N3O5/c1-27-11-12-28-20-17(13-15(14-22)21(25)26)24-10-6-9-18(19(24)23-20)29-16-7-4-2-3-5-8-16/h6,9-10,13,16H,2-5,7-8,11-12H2,1H3,(H,25,26). The largest absolute Gasteiger partial charge is 0.487 e. The maximum atomic E-state index is 11.3. The van der Waals surface area contributed by atoms with Crippen LogP contribution in [0.5, 0.6) is 11.6 Å². The number of pyridine rings is 1. The average molecular weight is 399 g/mol. The van der Waals surface area contributed by atoms with Gasteiger partial charge in [0.05, 0.1) is 12.7 Å². The van der Waals surface area contributed by atoms with Gasteiger partial charge in [0.2, 0.25) is 5.88 Å². The van der Waals surface area contributed by atoms with Crippen molar-refractivity contribution in [2.24, 2.45) is 0 Å². The number of aromatic nitrogens is 2. The van der Waals surface area contributed by atoms with E-state index in [4.69, 9.17) is 19.5 Å². The molecule has 2 aromatic rings. The Morgan fingerprint density at radius 2 is 2.10 bits per heavy atom. The van der Waals surface area contributed by atoms with Crippen LogP contribution in [0.2, 0.25) is 0 Å². The number of carbonyl (C=O) groups is 1. The summed E-state index contributed by atoms with van der Waals surface area (Å²) in [6, 6.07) is 5.35. The molecule has 154 valence electrons. The lowest BCUT2D eigenvalue weighted by Gasteiger charge is -2.17. The zero-order chi connectivity index (χ0) is 20.6. The lowest BCUT2D eigenvalue weighted by molar-refractivity contribution is -0.132. The second kappa shape index (κ2) is 9.94. The Morgan fingerprint density at radius 3 is 2.76 bits per heavy atom. The van der Waals surface area contributed by atoms with Gasteiger partial charge in [0, 0.05) is 13.3 Å². The Labute approximate surface area is 169 Å². The van der Waals surface area contributed by atoms with Gasteiger partial charge in [-0.15, -0.1) is 0 Å². The number of carboxylic acid groups (broad SMARTS) is 1. The van der Waals surface area contributed by atoms with E-state index < -0.39 is 11.5 Å². The first-order valence-corrected chi connectivity index (χ1v) is 9.78. The van der Waals surface area contributed by atoms with Crippen LogP contribution in [-0.4, -0.2) is 46.9 Å². The Morgan fingerprint density at radius 1 is 1.34 bits per heavy atom. The normalized spacial score (nSPS) is 15.7. The number of fused-ring (bicyclic) bond motifs is 1. The quantitative estimate of drug-likeness (QED) is 0.314. The first-order chi connectivity index (χ1) is 14.1. The zero-order valence-electron chi connectivity index (χ0n) is 16.5. The molecular weight excluding hydrogens is 374 g/mol. The van der Waals surface area contributed by atoms with Gasteiger partial charge in [-0.2, -0.15) is 10.2 Å². The first kappa shape index (κ1) is 20.7. The van der Waals surface area contributed by atoms with E-state index in [2.05, 4.69) is 4.98 Å². The molecule has 29 heavy (non-hydrogen) atoms. The zero-order valence-corrected chi connectivity index (χ0v) is 16.5. The Balaban J connectivity index is 2.01.